The van der Waals surface area contributed by atoms with Crippen molar-refractivity contribution in [3.05, 3.63) is 58.1 Å². The van der Waals surface area contributed by atoms with Crippen LogP contribution in [0.1, 0.15) is 18.1 Å². The quantitative estimate of drug-likeness (QED) is 0.897. The van der Waals surface area contributed by atoms with Crippen molar-refractivity contribution in [3.63, 3.8) is 0 Å². The summed E-state index contributed by atoms with van der Waals surface area (Å²) >= 11 is 3.36. The summed E-state index contributed by atoms with van der Waals surface area (Å²) in [6, 6.07) is 14.1. The monoisotopic (exact) mass is 319 g/mol. The maximum Gasteiger partial charge on any atom is 0.134 e. The van der Waals surface area contributed by atoms with Crippen molar-refractivity contribution in [3.8, 4) is 5.75 Å². The highest BCUT2D eigenvalue weighted by atomic mass is 79.9. The molecule has 2 aromatic rings. The van der Waals surface area contributed by atoms with Gasteiger partial charge in [0.1, 0.15) is 5.75 Å². The van der Waals surface area contributed by atoms with Gasteiger partial charge < -0.3 is 10.0 Å². The van der Waals surface area contributed by atoms with Crippen LogP contribution in [0.3, 0.4) is 0 Å². The third-order valence-corrected chi connectivity index (χ3v) is 3.91. The molecule has 0 radical (unpaired) electrons. The second kappa shape index (κ2) is 6.11. The highest BCUT2D eigenvalue weighted by Gasteiger charge is 2.11. The molecule has 0 aliphatic rings. The average molecular weight is 320 g/mol. The standard InChI is InChI=1S/C16H18BrNO/c1-3-18(15-10-5-4-7-12(15)2)11-13-8-6-9-14(17)16(13)19/h4-10,19H,3,11H2,1-2H3. The molecule has 0 saturated carbocycles. The Balaban J connectivity index is 2.30. The number of anilines is 1. The second-order valence-corrected chi connectivity index (χ2v) is 5.40. The molecule has 0 bridgehead atoms. The summed E-state index contributed by atoms with van der Waals surface area (Å²) in [6.07, 6.45) is 0. The van der Waals surface area contributed by atoms with Crippen LogP contribution in [0.5, 0.6) is 5.75 Å². The predicted octanol–water partition coefficient (Wildman–Crippen LogP) is 4.49. The van der Waals surface area contributed by atoms with Crippen LogP contribution in [0.4, 0.5) is 5.69 Å². The minimum absolute atomic E-state index is 0.328. The minimum atomic E-state index is 0.328. The van der Waals surface area contributed by atoms with Crippen molar-refractivity contribution >= 4 is 21.6 Å². The van der Waals surface area contributed by atoms with Crippen LogP contribution in [0.2, 0.25) is 0 Å². The number of aryl methyl sites for hydroxylation is 1. The fourth-order valence-electron chi connectivity index (χ4n) is 2.18. The average Bonchev–Trinajstić information content (AvgIpc) is 2.41. The lowest BCUT2D eigenvalue weighted by atomic mass is 10.1. The van der Waals surface area contributed by atoms with Gasteiger partial charge in [-0.05, 0) is 47.5 Å². The number of aromatic hydroxyl groups is 1. The van der Waals surface area contributed by atoms with E-state index in [4.69, 9.17) is 0 Å². The van der Waals surface area contributed by atoms with Gasteiger partial charge in [0.05, 0.1) is 4.47 Å². The number of phenols is 1. The Morgan fingerprint density at radius 2 is 1.84 bits per heavy atom. The van der Waals surface area contributed by atoms with Gasteiger partial charge in [-0.15, -0.1) is 0 Å². The van der Waals surface area contributed by atoms with E-state index in [0.29, 0.717) is 12.3 Å². The molecule has 0 saturated heterocycles. The third kappa shape index (κ3) is 3.10. The molecule has 0 heterocycles. The molecule has 2 rings (SSSR count). The number of hydrogen-bond donors (Lipinski definition) is 1. The molecule has 3 heteroatoms. The van der Waals surface area contributed by atoms with Gasteiger partial charge in [0.25, 0.3) is 0 Å². The van der Waals surface area contributed by atoms with Crippen molar-refractivity contribution < 1.29 is 5.11 Å². The van der Waals surface area contributed by atoms with Gasteiger partial charge in [0.2, 0.25) is 0 Å². The molecule has 0 amide bonds. The lowest BCUT2D eigenvalue weighted by Gasteiger charge is -2.25. The van der Waals surface area contributed by atoms with Crippen molar-refractivity contribution in [1.82, 2.24) is 0 Å². The van der Waals surface area contributed by atoms with Gasteiger partial charge in [-0.25, -0.2) is 0 Å². The molecule has 0 aromatic heterocycles. The molecule has 0 atom stereocenters. The molecule has 0 spiro atoms. The Labute approximate surface area is 122 Å². The molecule has 100 valence electrons. The van der Waals surface area contributed by atoms with Gasteiger partial charge in [-0.1, -0.05) is 30.3 Å². The van der Waals surface area contributed by atoms with Gasteiger partial charge >= 0.3 is 0 Å². The topological polar surface area (TPSA) is 23.5 Å². The van der Waals surface area contributed by atoms with E-state index in [1.165, 1.54) is 11.3 Å². The second-order valence-electron chi connectivity index (χ2n) is 4.55. The molecule has 0 unspecified atom stereocenters. The number of nitrogens with zero attached hydrogens (tertiary/aromatic N) is 1. The third-order valence-electron chi connectivity index (χ3n) is 3.27. The first-order valence-electron chi connectivity index (χ1n) is 6.40. The van der Waals surface area contributed by atoms with Gasteiger partial charge in [0.15, 0.2) is 0 Å². The molecule has 2 nitrogen and oxygen atoms in total. The van der Waals surface area contributed by atoms with Crippen LogP contribution in [0.25, 0.3) is 0 Å². The van der Waals surface area contributed by atoms with E-state index < -0.39 is 0 Å². The SMILES string of the molecule is CCN(Cc1cccc(Br)c1O)c1ccccc1C. The molecule has 0 fully saturated rings. The predicted molar refractivity (Wildman–Crippen MR) is 83.7 cm³/mol. The molecular weight excluding hydrogens is 302 g/mol. The van der Waals surface area contributed by atoms with Crippen LogP contribution >= 0.6 is 15.9 Å². The lowest BCUT2D eigenvalue weighted by molar-refractivity contribution is 0.464. The molecule has 19 heavy (non-hydrogen) atoms. The normalized spacial score (nSPS) is 10.5. The molecular formula is C16H18BrNO. The van der Waals surface area contributed by atoms with Crippen LogP contribution in [0.15, 0.2) is 46.9 Å². The lowest BCUT2D eigenvalue weighted by Crippen LogP contribution is -2.22. The minimum Gasteiger partial charge on any atom is -0.506 e. The number of hydrogen-bond acceptors (Lipinski definition) is 2. The first-order chi connectivity index (χ1) is 9.13. The Kier molecular flexibility index (Phi) is 4.48. The number of phenolic OH excluding ortho intramolecular Hbond substituents is 1. The molecule has 0 aliphatic carbocycles. The summed E-state index contributed by atoms with van der Waals surface area (Å²) in [5, 5.41) is 10.1. The molecule has 1 N–H and O–H groups in total. The summed E-state index contributed by atoms with van der Waals surface area (Å²) < 4.78 is 0.742. The number of halogens is 1. The first-order valence-corrected chi connectivity index (χ1v) is 7.19. The van der Waals surface area contributed by atoms with Crippen LogP contribution in [-0.2, 0) is 6.54 Å². The summed E-state index contributed by atoms with van der Waals surface area (Å²) in [6.45, 7) is 5.84. The maximum absolute atomic E-state index is 10.1. The van der Waals surface area contributed by atoms with E-state index >= 15 is 0 Å². The highest BCUT2D eigenvalue weighted by molar-refractivity contribution is 9.10. The number of rotatable bonds is 4. The molecule has 2 aromatic carbocycles. The van der Waals surface area contributed by atoms with Gasteiger partial charge in [0, 0.05) is 24.3 Å². The Morgan fingerprint density at radius 1 is 1.11 bits per heavy atom. The van der Waals surface area contributed by atoms with Crippen LogP contribution in [-0.4, -0.2) is 11.7 Å². The van der Waals surface area contributed by atoms with E-state index in [0.717, 1.165) is 16.6 Å². The van der Waals surface area contributed by atoms with E-state index in [-0.39, 0.29) is 0 Å². The maximum atomic E-state index is 10.1. The molecule has 0 aliphatic heterocycles. The zero-order valence-electron chi connectivity index (χ0n) is 11.2. The zero-order valence-corrected chi connectivity index (χ0v) is 12.8. The first kappa shape index (κ1) is 13.9. The van der Waals surface area contributed by atoms with Crippen LogP contribution in [0, 0.1) is 6.92 Å². The van der Waals surface area contributed by atoms with E-state index in [1.54, 1.807) is 0 Å². The highest BCUT2D eigenvalue weighted by Crippen LogP contribution is 2.30. The summed E-state index contributed by atoms with van der Waals surface area (Å²) in [5.41, 5.74) is 3.39. The van der Waals surface area contributed by atoms with Crippen molar-refractivity contribution in [2.45, 2.75) is 20.4 Å². The van der Waals surface area contributed by atoms with Gasteiger partial charge in [-0.2, -0.15) is 0 Å². The van der Waals surface area contributed by atoms with Crippen molar-refractivity contribution in [1.29, 1.82) is 0 Å². The van der Waals surface area contributed by atoms with Crippen LogP contribution < -0.4 is 4.90 Å². The Hall–Kier alpha value is -1.48. The fraction of sp³-hybridized carbons (Fsp3) is 0.250. The number of benzene rings is 2. The fourth-order valence-corrected chi connectivity index (χ4v) is 2.59. The number of para-hydroxylation sites is 2. The van der Waals surface area contributed by atoms with Crippen molar-refractivity contribution in [2.75, 3.05) is 11.4 Å². The zero-order chi connectivity index (χ0) is 13.8. The summed E-state index contributed by atoms with van der Waals surface area (Å²) in [4.78, 5) is 2.26. The van der Waals surface area contributed by atoms with E-state index in [9.17, 15) is 5.11 Å². The summed E-state index contributed by atoms with van der Waals surface area (Å²) in [5.74, 6) is 0.328. The Morgan fingerprint density at radius 3 is 2.53 bits per heavy atom. The van der Waals surface area contributed by atoms with E-state index in [2.05, 4.69) is 46.8 Å². The smallest absolute Gasteiger partial charge is 0.134 e. The van der Waals surface area contributed by atoms with E-state index in [1.807, 2.05) is 30.3 Å². The van der Waals surface area contributed by atoms with Gasteiger partial charge in [-0.3, -0.25) is 0 Å². The van der Waals surface area contributed by atoms with Crippen molar-refractivity contribution in [2.24, 2.45) is 0 Å². The Bertz CT molecular complexity index is 568. The largest absolute Gasteiger partial charge is 0.506 e. The summed E-state index contributed by atoms with van der Waals surface area (Å²) in [7, 11) is 0.